The molecule has 0 saturated heterocycles. The van der Waals surface area contributed by atoms with Crippen molar-refractivity contribution in [2.45, 2.75) is 6.92 Å². The smallest absolute Gasteiger partial charge is 0.240 e. The van der Waals surface area contributed by atoms with Gasteiger partial charge in [-0.1, -0.05) is 24.4 Å². The van der Waals surface area contributed by atoms with E-state index in [1.807, 2.05) is 0 Å². The molecule has 0 fully saturated rings. The third-order valence-electron chi connectivity index (χ3n) is 3.01. The van der Waals surface area contributed by atoms with Gasteiger partial charge in [0.25, 0.3) is 0 Å². The second-order valence-electron chi connectivity index (χ2n) is 4.52. The third-order valence-corrected chi connectivity index (χ3v) is 4.49. The SMILES string of the molecule is C#CCN(C(=O)CS(=O)CC)c1cn(-c2cccnc2)nc1Cl. The summed E-state index contributed by atoms with van der Waals surface area (Å²) in [5.74, 6) is 2.36. The van der Waals surface area contributed by atoms with Crippen molar-refractivity contribution in [2.75, 3.05) is 23.0 Å². The molecule has 2 aromatic heterocycles. The molecule has 2 aromatic rings. The number of carbonyl (C=O) groups is 1. The molecule has 8 heteroatoms. The Kier molecular flexibility index (Phi) is 5.90. The van der Waals surface area contributed by atoms with Gasteiger partial charge in [0.2, 0.25) is 5.91 Å². The van der Waals surface area contributed by atoms with E-state index in [-0.39, 0.29) is 23.4 Å². The summed E-state index contributed by atoms with van der Waals surface area (Å²) in [6, 6.07) is 3.57. The van der Waals surface area contributed by atoms with Crippen molar-refractivity contribution in [1.82, 2.24) is 14.8 Å². The van der Waals surface area contributed by atoms with Crippen LogP contribution in [0.15, 0.2) is 30.7 Å². The zero-order valence-corrected chi connectivity index (χ0v) is 14.0. The van der Waals surface area contributed by atoms with E-state index in [9.17, 15) is 9.00 Å². The van der Waals surface area contributed by atoms with Crippen LogP contribution < -0.4 is 4.90 Å². The Hall–Kier alpha value is -2.17. The number of anilines is 1. The highest BCUT2D eigenvalue weighted by atomic mass is 35.5. The van der Waals surface area contributed by atoms with Gasteiger partial charge in [0, 0.05) is 22.7 Å². The minimum absolute atomic E-state index is 0.0260. The molecule has 0 aliphatic rings. The maximum absolute atomic E-state index is 12.3. The first-order valence-corrected chi connectivity index (χ1v) is 8.67. The highest BCUT2D eigenvalue weighted by molar-refractivity contribution is 7.85. The molecule has 2 rings (SSSR count). The van der Waals surface area contributed by atoms with Crippen molar-refractivity contribution < 1.29 is 9.00 Å². The van der Waals surface area contributed by atoms with Crippen molar-refractivity contribution in [3.05, 3.63) is 35.9 Å². The van der Waals surface area contributed by atoms with Gasteiger partial charge in [0.1, 0.15) is 11.4 Å². The Morgan fingerprint density at radius 2 is 2.35 bits per heavy atom. The monoisotopic (exact) mass is 350 g/mol. The Labute approximate surface area is 141 Å². The second kappa shape index (κ2) is 7.90. The summed E-state index contributed by atoms with van der Waals surface area (Å²) in [7, 11) is -1.23. The lowest BCUT2D eigenvalue weighted by molar-refractivity contribution is -0.116. The highest BCUT2D eigenvalue weighted by Crippen LogP contribution is 2.26. The van der Waals surface area contributed by atoms with E-state index in [1.54, 1.807) is 37.6 Å². The van der Waals surface area contributed by atoms with Crippen LogP contribution in [0.5, 0.6) is 0 Å². The number of amides is 1. The maximum atomic E-state index is 12.3. The fourth-order valence-corrected chi connectivity index (χ4v) is 2.73. The fourth-order valence-electron chi connectivity index (χ4n) is 1.86. The first kappa shape index (κ1) is 17.2. The van der Waals surface area contributed by atoms with Gasteiger partial charge in [0.05, 0.1) is 24.6 Å². The molecule has 1 amide bonds. The van der Waals surface area contributed by atoms with Crippen molar-refractivity contribution in [3.8, 4) is 18.0 Å². The van der Waals surface area contributed by atoms with Crippen LogP contribution in [-0.4, -0.2) is 42.9 Å². The Balaban J connectivity index is 2.33. The fraction of sp³-hybridized carbons (Fsp3) is 0.267. The highest BCUT2D eigenvalue weighted by Gasteiger charge is 2.22. The van der Waals surface area contributed by atoms with Gasteiger partial charge in [-0.15, -0.1) is 6.42 Å². The van der Waals surface area contributed by atoms with Gasteiger partial charge in [-0.2, -0.15) is 5.10 Å². The number of pyridine rings is 1. The van der Waals surface area contributed by atoms with E-state index in [0.717, 1.165) is 0 Å². The number of rotatable bonds is 6. The Morgan fingerprint density at radius 3 is 2.96 bits per heavy atom. The first-order valence-electron chi connectivity index (χ1n) is 6.81. The Morgan fingerprint density at radius 1 is 1.57 bits per heavy atom. The van der Waals surface area contributed by atoms with E-state index in [2.05, 4.69) is 16.0 Å². The van der Waals surface area contributed by atoms with Crippen LogP contribution in [0.4, 0.5) is 5.69 Å². The van der Waals surface area contributed by atoms with Gasteiger partial charge in [0.15, 0.2) is 5.15 Å². The van der Waals surface area contributed by atoms with Crippen LogP contribution in [0.1, 0.15) is 6.92 Å². The minimum atomic E-state index is -1.23. The molecule has 0 aliphatic heterocycles. The van der Waals surface area contributed by atoms with Crippen LogP contribution in [0.3, 0.4) is 0 Å². The second-order valence-corrected chi connectivity index (χ2v) is 6.62. The van der Waals surface area contributed by atoms with Crippen LogP contribution in [-0.2, 0) is 15.6 Å². The predicted molar refractivity (Wildman–Crippen MR) is 91.1 cm³/mol. The lowest BCUT2D eigenvalue weighted by Gasteiger charge is -2.18. The molecule has 23 heavy (non-hydrogen) atoms. The van der Waals surface area contributed by atoms with Gasteiger partial charge in [-0.25, -0.2) is 4.68 Å². The van der Waals surface area contributed by atoms with E-state index >= 15 is 0 Å². The van der Waals surface area contributed by atoms with Crippen molar-refractivity contribution in [1.29, 1.82) is 0 Å². The molecule has 0 radical (unpaired) electrons. The molecule has 0 saturated carbocycles. The zero-order chi connectivity index (χ0) is 16.8. The number of terminal acetylenes is 1. The van der Waals surface area contributed by atoms with Gasteiger partial charge in [-0.05, 0) is 12.1 Å². The normalized spacial score (nSPS) is 11.7. The molecule has 0 N–H and O–H groups in total. The molecule has 1 atom stereocenters. The number of nitrogens with zero attached hydrogens (tertiary/aromatic N) is 4. The standard InChI is InChI=1S/C15H15ClN4O2S/c1-3-8-19(14(21)11-23(22)4-2)13-10-20(18-15(13)16)12-6-5-7-17-9-12/h1,5-7,9-10H,4,8,11H2,2H3. The summed E-state index contributed by atoms with van der Waals surface area (Å²) in [6.07, 6.45) is 10.2. The van der Waals surface area contributed by atoms with Crippen molar-refractivity contribution in [2.24, 2.45) is 0 Å². The molecule has 0 bridgehead atoms. The topological polar surface area (TPSA) is 68.1 Å². The molecule has 2 heterocycles. The van der Waals surface area contributed by atoms with Crippen molar-refractivity contribution in [3.63, 3.8) is 0 Å². The van der Waals surface area contributed by atoms with E-state index in [4.69, 9.17) is 18.0 Å². The summed E-state index contributed by atoms with van der Waals surface area (Å²) >= 11 is 6.15. The molecule has 0 spiro atoms. The van der Waals surface area contributed by atoms with Gasteiger partial charge < -0.3 is 0 Å². The quantitative estimate of drug-likeness (QED) is 0.743. The van der Waals surface area contributed by atoms with Crippen LogP contribution in [0, 0.1) is 12.3 Å². The predicted octanol–water partition coefficient (Wildman–Crippen LogP) is 1.66. The molecule has 120 valence electrons. The largest absolute Gasteiger partial charge is 0.296 e. The van der Waals surface area contributed by atoms with Crippen LogP contribution >= 0.6 is 11.6 Å². The lowest BCUT2D eigenvalue weighted by Crippen LogP contribution is -2.35. The first-order chi connectivity index (χ1) is 11.1. The molecular formula is C15H15ClN4O2S. The number of hydrogen-bond donors (Lipinski definition) is 0. The molecule has 1 unspecified atom stereocenters. The maximum Gasteiger partial charge on any atom is 0.240 e. The molecule has 6 nitrogen and oxygen atoms in total. The van der Waals surface area contributed by atoms with E-state index in [1.165, 1.54) is 9.58 Å². The molecule has 0 aromatic carbocycles. The zero-order valence-electron chi connectivity index (χ0n) is 12.5. The third kappa shape index (κ3) is 4.18. The summed E-state index contributed by atoms with van der Waals surface area (Å²) in [5.41, 5.74) is 1.08. The van der Waals surface area contributed by atoms with E-state index in [0.29, 0.717) is 17.1 Å². The molecular weight excluding hydrogens is 336 g/mol. The minimum Gasteiger partial charge on any atom is -0.296 e. The number of aromatic nitrogens is 3. The van der Waals surface area contributed by atoms with Gasteiger partial charge in [-0.3, -0.25) is 18.9 Å². The van der Waals surface area contributed by atoms with Gasteiger partial charge >= 0.3 is 0 Å². The summed E-state index contributed by atoms with van der Waals surface area (Å²) in [5, 5.41) is 4.31. The number of halogens is 1. The number of hydrogen-bond acceptors (Lipinski definition) is 4. The molecule has 0 aliphatic carbocycles. The summed E-state index contributed by atoms with van der Waals surface area (Å²) < 4.78 is 13.1. The van der Waals surface area contributed by atoms with Crippen LogP contribution in [0.25, 0.3) is 5.69 Å². The van der Waals surface area contributed by atoms with Crippen LogP contribution in [0.2, 0.25) is 5.15 Å². The Bertz CT molecular complexity index is 755. The lowest BCUT2D eigenvalue weighted by atomic mass is 10.4. The average molecular weight is 351 g/mol. The summed E-state index contributed by atoms with van der Waals surface area (Å²) in [4.78, 5) is 17.7. The van der Waals surface area contributed by atoms with Crippen molar-refractivity contribution >= 4 is 34.0 Å². The number of carbonyl (C=O) groups excluding carboxylic acids is 1. The average Bonchev–Trinajstić information content (AvgIpc) is 2.94. The summed E-state index contributed by atoms with van der Waals surface area (Å²) in [6.45, 7) is 1.78. The van der Waals surface area contributed by atoms with E-state index < -0.39 is 10.8 Å².